The second-order valence-electron chi connectivity index (χ2n) is 5.28. The molecule has 0 radical (unpaired) electrons. The molecule has 19 heavy (non-hydrogen) atoms. The topological polar surface area (TPSA) is 77.2 Å². The third-order valence-electron chi connectivity index (χ3n) is 3.44. The summed E-state index contributed by atoms with van der Waals surface area (Å²) in [5, 5.41) is 16.8. The molecule has 6 nitrogen and oxygen atoms in total. The summed E-state index contributed by atoms with van der Waals surface area (Å²) in [5.74, 6) is -0.905. The van der Waals surface area contributed by atoms with E-state index in [1.54, 1.807) is 4.68 Å². The lowest BCUT2D eigenvalue weighted by Gasteiger charge is -2.12. The highest BCUT2D eigenvalue weighted by Gasteiger charge is 2.21. The normalized spacial score (nSPS) is 19.2. The van der Waals surface area contributed by atoms with Gasteiger partial charge in [-0.15, -0.1) is 5.10 Å². The molecule has 0 aromatic carbocycles. The lowest BCUT2D eigenvalue weighted by atomic mass is 10.1. The number of ether oxygens (including phenoxy) is 1. The van der Waals surface area contributed by atoms with Crippen LogP contribution in [0.2, 0.25) is 0 Å². The van der Waals surface area contributed by atoms with Crippen molar-refractivity contribution in [3.8, 4) is 0 Å². The van der Waals surface area contributed by atoms with E-state index in [-0.39, 0.29) is 11.6 Å². The van der Waals surface area contributed by atoms with Crippen LogP contribution in [0.15, 0.2) is 0 Å². The van der Waals surface area contributed by atoms with E-state index in [2.05, 4.69) is 10.3 Å². The largest absolute Gasteiger partial charge is 0.476 e. The zero-order valence-electron chi connectivity index (χ0n) is 11.5. The molecule has 1 aliphatic rings. The third-order valence-corrected chi connectivity index (χ3v) is 3.44. The van der Waals surface area contributed by atoms with Crippen LogP contribution in [0.25, 0.3) is 0 Å². The van der Waals surface area contributed by atoms with E-state index in [4.69, 9.17) is 9.84 Å². The Labute approximate surface area is 112 Å². The number of rotatable bonds is 6. The number of nitrogens with zero attached hydrogens (tertiary/aromatic N) is 3. The summed E-state index contributed by atoms with van der Waals surface area (Å²) in [4.78, 5) is 11.1. The Morgan fingerprint density at radius 3 is 2.95 bits per heavy atom. The fraction of sp³-hybridized carbons (Fsp3) is 0.769. The average Bonchev–Trinajstić information content (AvgIpc) is 2.97. The maximum absolute atomic E-state index is 11.1. The van der Waals surface area contributed by atoms with Crippen molar-refractivity contribution in [1.29, 1.82) is 0 Å². The van der Waals surface area contributed by atoms with Gasteiger partial charge in [0.05, 0.1) is 11.8 Å². The molecular weight excluding hydrogens is 246 g/mol. The molecule has 1 saturated heterocycles. The predicted octanol–water partition coefficient (Wildman–Crippen LogP) is 2.06. The Morgan fingerprint density at radius 1 is 1.58 bits per heavy atom. The standard InChI is InChI=1S/C13H21N3O3/c1-9(2)12-11(13(17)18)14-15-16(12)7-3-5-10-6-4-8-19-10/h9-10H,3-8H2,1-2H3,(H,17,18). The molecular formula is C13H21N3O3. The fourth-order valence-electron chi connectivity index (χ4n) is 2.55. The summed E-state index contributed by atoms with van der Waals surface area (Å²) in [7, 11) is 0. The summed E-state index contributed by atoms with van der Waals surface area (Å²) >= 11 is 0. The molecule has 2 rings (SSSR count). The van der Waals surface area contributed by atoms with Gasteiger partial charge in [-0.05, 0) is 31.6 Å². The first-order valence-electron chi connectivity index (χ1n) is 6.88. The van der Waals surface area contributed by atoms with Gasteiger partial charge in [-0.1, -0.05) is 19.1 Å². The van der Waals surface area contributed by atoms with Crippen LogP contribution in [0.1, 0.15) is 61.6 Å². The Balaban J connectivity index is 1.97. The molecule has 1 fully saturated rings. The van der Waals surface area contributed by atoms with Crippen molar-refractivity contribution in [2.75, 3.05) is 6.61 Å². The Kier molecular flexibility index (Phi) is 4.52. The van der Waals surface area contributed by atoms with Crippen LogP contribution in [0, 0.1) is 0 Å². The van der Waals surface area contributed by atoms with Gasteiger partial charge in [-0.2, -0.15) is 0 Å². The quantitative estimate of drug-likeness (QED) is 0.853. The van der Waals surface area contributed by atoms with Gasteiger partial charge in [0, 0.05) is 13.2 Å². The van der Waals surface area contributed by atoms with Gasteiger partial charge in [0.1, 0.15) is 0 Å². The summed E-state index contributed by atoms with van der Waals surface area (Å²) in [6, 6.07) is 0. The molecule has 1 unspecified atom stereocenters. The molecule has 6 heteroatoms. The Morgan fingerprint density at radius 2 is 2.37 bits per heavy atom. The van der Waals surface area contributed by atoms with Crippen LogP contribution in [0.4, 0.5) is 0 Å². The first-order valence-corrected chi connectivity index (χ1v) is 6.88. The molecule has 1 aliphatic heterocycles. The summed E-state index contributed by atoms with van der Waals surface area (Å²) in [6.07, 6.45) is 4.58. The average molecular weight is 267 g/mol. The molecule has 0 amide bonds. The van der Waals surface area contributed by atoms with Gasteiger partial charge in [-0.3, -0.25) is 0 Å². The van der Waals surface area contributed by atoms with Gasteiger partial charge in [0.15, 0.2) is 5.69 Å². The molecule has 1 atom stereocenters. The highest BCUT2D eigenvalue weighted by atomic mass is 16.5. The summed E-state index contributed by atoms with van der Waals surface area (Å²) in [5.41, 5.74) is 0.784. The van der Waals surface area contributed by atoms with E-state index < -0.39 is 5.97 Å². The number of aromatic carboxylic acids is 1. The van der Waals surface area contributed by atoms with Gasteiger partial charge in [-0.25, -0.2) is 9.48 Å². The van der Waals surface area contributed by atoms with Gasteiger partial charge in [0.25, 0.3) is 0 Å². The molecule has 1 aromatic heterocycles. The van der Waals surface area contributed by atoms with Gasteiger partial charge >= 0.3 is 5.97 Å². The molecule has 1 N–H and O–H groups in total. The maximum Gasteiger partial charge on any atom is 0.358 e. The smallest absolute Gasteiger partial charge is 0.358 e. The minimum Gasteiger partial charge on any atom is -0.476 e. The number of aromatic nitrogens is 3. The van der Waals surface area contributed by atoms with Crippen molar-refractivity contribution in [2.45, 2.75) is 58.1 Å². The molecule has 0 spiro atoms. The fourth-order valence-corrected chi connectivity index (χ4v) is 2.55. The lowest BCUT2D eigenvalue weighted by Crippen LogP contribution is -2.12. The number of carbonyl (C=O) groups is 1. The number of hydrogen-bond donors (Lipinski definition) is 1. The maximum atomic E-state index is 11.1. The van der Waals surface area contributed by atoms with E-state index in [1.807, 2.05) is 13.8 Å². The third kappa shape index (κ3) is 3.32. The van der Waals surface area contributed by atoms with E-state index >= 15 is 0 Å². The molecule has 1 aromatic rings. The first kappa shape index (κ1) is 14.0. The van der Waals surface area contributed by atoms with E-state index in [0.29, 0.717) is 18.3 Å². The second kappa shape index (κ2) is 6.14. The number of aryl methyl sites for hydroxylation is 1. The van der Waals surface area contributed by atoms with Crippen molar-refractivity contribution in [3.05, 3.63) is 11.4 Å². The zero-order chi connectivity index (χ0) is 13.8. The summed E-state index contributed by atoms with van der Waals surface area (Å²) in [6.45, 7) is 5.49. The predicted molar refractivity (Wildman–Crippen MR) is 69.3 cm³/mol. The van der Waals surface area contributed by atoms with Crippen LogP contribution in [-0.4, -0.2) is 38.8 Å². The first-order chi connectivity index (χ1) is 9.09. The molecule has 0 aliphatic carbocycles. The van der Waals surface area contributed by atoms with E-state index in [9.17, 15) is 4.79 Å². The second-order valence-corrected chi connectivity index (χ2v) is 5.28. The minimum atomic E-state index is -1.01. The van der Waals surface area contributed by atoms with E-state index in [1.165, 1.54) is 0 Å². The monoisotopic (exact) mass is 267 g/mol. The van der Waals surface area contributed by atoms with Crippen molar-refractivity contribution in [3.63, 3.8) is 0 Å². The van der Waals surface area contributed by atoms with Crippen LogP contribution in [0.5, 0.6) is 0 Å². The van der Waals surface area contributed by atoms with Gasteiger partial charge < -0.3 is 9.84 Å². The lowest BCUT2D eigenvalue weighted by molar-refractivity contribution is 0.0688. The number of carboxylic acids is 1. The number of carboxylic acid groups (broad SMARTS) is 1. The highest BCUT2D eigenvalue weighted by Crippen LogP contribution is 2.20. The highest BCUT2D eigenvalue weighted by molar-refractivity contribution is 5.86. The van der Waals surface area contributed by atoms with Crippen LogP contribution < -0.4 is 0 Å². The van der Waals surface area contributed by atoms with Crippen molar-refractivity contribution < 1.29 is 14.6 Å². The molecule has 0 bridgehead atoms. The molecule has 106 valence electrons. The molecule has 2 heterocycles. The Bertz CT molecular complexity index is 436. The molecule has 0 saturated carbocycles. The zero-order valence-corrected chi connectivity index (χ0v) is 11.5. The van der Waals surface area contributed by atoms with Crippen molar-refractivity contribution in [2.24, 2.45) is 0 Å². The van der Waals surface area contributed by atoms with Crippen LogP contribution >= 0.6 is 0 Å². The minimum absolute atomic E-state index is 0.0760. The van der Waals surface area contributed by atoms with Crippen LogP contribution in [-0.2, 0) is 11.3 Å². The SMILES string of the molecule is CC(C)c1c(C(=O)O)nnn1CCCC1CCCO1. The van der Waals surface area contributed by atoms with Gasteiger partial charge in [0.2, 0.25) is 0 Å². The van der Waals surface area contributed by atoms with E-state index in [0.717, 1.165) is 32.3 Å². The summed E-state index contributed by atoms with van der Waals surface area (Å²) < 4.78 is 7.30. The van der Waals surface area contributed by atoms with Crippen molar-refractivity contribution in [1.82, 2.24) is 15.0 Å². The van der Waals surface area contributed by atoms with Crippen LogP contribution in [0.3, 0.4) is 0 Å². The number of hydrogen-bond acceptors (Lipinski definition) is 4. The Hall–Kier alpha value is -1.43. The van der Waals surface area contributed by atoms with Crippen molar-refractivity contribution >= 4 is 5.97 Å².